The Labute approximate surface area is 817 Å². The van der Waals surface area contributed by atoms with E-state index in [1.54, 1.807) is 24.5 Å². The first-order chi connectivity index (χ1) is 68.1. The molecule has 1 aromatic carbocycles. The molecule has 11 aliphatic rings. The number of fused-ring (bicyclic) bond motifs is 7. The number of allylic oxidation sites excluding steroid dienone is 1. The number of halogens is 1. The zero-order valence-corrected chi connectivity index (χ0v) is 82.7. The normalized spacial score (nSPS) is 20.6. The molecule has 0 atom stereocenters. The highest BCUT2D eigenvalue weighted by molar-refractivity contribution is 7.19. The predicted molar refractivity (Wildman–Crippen MR) is 549 cm³/mol. The standard InChI is InChI=1S/C32H39FN6O2.C25H35N7O2.C25H31N7.C24H29N7S/c1-22-17-27-26(3-8-34-30(27)19-29(22)33)28-20-35-39-21-24(18-31(32(28)39)41-25-6-15-40-16-7-25)37-9-4-23(5-10-37)38-13-11-36(2)12-14-38;1-29-8-10-31(11-9-29)20-2-6-30(7-3-20)21-14-24(34-22-4-12-33-13-5-22)25-23(17-28-32(25)18-21)19-15-26-27-16-19;1-18-13-22-21(3-6-26-24(22)14-18)23-16-28-32-17-20(15-27-25(23)32)30-7-4-19(5-8-30)31-11-9-29(2)10-12-31;1-17-13-22-23(32-17)20(3-6-25-22)21-15-27-31-16-19(14-26-24(21)31)29-7-4-18(5-8-29)30-11-9-28(2)10-12-30/h3,8,17-21,23,25H,4-7,9-16H2,1-2H3;14-18,20,22H,2-13H2,1H3,(H,26,27);3,6,14-17,19H,4-5,7-13H2,1-2H3;3,6,13-16,18H,4-5,7-12H2,1-2H3. The Bertz CT molecular complexity index is 6600. The van der Waals surface area contributed by atoms with Crippen LogP contribution in [0.5, 0.6) is 11.5 Å². The van der Waals surface area contributed by atoms with Crippen molar-refractivity contribution in [3.8, 4) is 56.0 Å². The van der Waals surface area contributed by atoms with E-state index < -0.39 is 0 Å². The molecule has 10 aliphatic heterocycles. The fourth-order valence-electron chi connectivity index (χ4n) is 23.0. The molecule has 730 valence electrons. The molecule has 1 aliphatic carbocycles. The third-order valence-electron chi connectivity index (χ3n) is 31.4. The zero-order valence-electron chi connectivity index (χ0n) is 81.9. The number of ether oxygens (including phenoxy) is 4. The molecule has 10 saturated heterocycles. The molecule has 23 heterocycles. The zero-order chi connectivity index (χ0) is 94.1. The van der Waals surface area contributed by atoms with Crippen LogP contribution in [0.2, 0.25) is 0 Å². The number of likely N-dealkylation sites (N-methyl/N-ethyl adjacent to an activating group) is 4. The van der Waals surface area contributed by atoms with Gasteiger partial charge in [0.15, 0.2) is 11.3 Å². The molecule has 33 heteroatoms. The van der Waals surface area contributed by atoms with Gasteiger partial charge in [-0.05, 0) is 165 Å². The molecule has 13 aromatic heterocycles. The van der Waals surface area contributed by atoms with Gasteiger partial charge in [-0.1, -0.05) is 5.57 Å². The van der Waals surface area contributed by atoms with Gasteiger partial charge in [-0.2, -0.15) is 25.5 Å². The maximum absolute atomic E-state index is 14.4. The van der Waals surface area contributed by atoms with Crippen LogP contribution in [0.4, 0.5) is 27.1 Å². The minimum atomic E-state index is -0.244. The maximum atomic E-state index is 14.4. The number of nitrogens with zero attached hydrogens (tertiary/aromatic N) is 26. The summed E-state index contributed by atoms with van der Waals surface area (Å²) in [5, 5.41) is 26.8. The predicted octanol–water partition coefficient (Wildman–Crippen LogP) is 13.8. The van der Waals surface area contributed by atoms with Crippen LogP contribution < -0.4 is 29.1 Å². The van der Waals surface area contributed by atoms with Crippen LogP contribution in [-0.2, 0) is 15.9 Å². The quantitative estimate of drug-likeness (QED) is 0.0946. The van der Waals surface area contributed by atoms with E-state index in [0.29, 0.717) is 36.4 Å². The number of H-pyrrole nitrogens is 1. The summed E-state index contributed by atoms with van der Waals surface area (Å²) in [5.41, 5.74) is 22.9. The monoisotopic (exact) mass is 1900 g/mol. The molecular weight excluding hydrogens is 1770 g/mol. The number of benzene rings is 1. The number of piperidine rings is 4. The maximum Gasteiger partial charge on any atom is 0.162 e. The Morgan fingerprint density at radius 2 is 0.799 bits per heavy atom. The van der Waals surface area contributed by atoms with Crippen LogP contribution in [0.25, 0.3) is 94.0 Å². The number of aromatic nitrogens is 15. The summed E-state index contributed by atoms with van der Waals surface area (Å²) >= 11 is 1.78. The van der Waals surface area contributed by atoms with E-state index in [0.717, 1.165) is 224 Å². The van der Waals surface area contributed by atoms with Gasteiger partial charge in [0.05, 0.1) is 139 Å². The number of pyridine rings is 5. The number of aryl methyl sites for hydroxylation is 2. The van der Waals surface area contributed by atoms with Crippen LogP contribution in [0.1, 0.15) is 106 Å². The van der Waals surface area contributed by atoms with E-state index in [1.807, 2.05) is 92.2 Å². The first-order valence-corrected chi connectivity index (χ1v) is 51.8. The van der Waals surface area contributed by atoms with Crippen molar-refractivity contribution in [3.05, 3.63) is 175 Å². The average Bonchev–Trinajstić information content (AvgIpc) is 1.65. The van der Waals surface area contributed by atoms with Gasteiger partial charge in [0, 0.05) is 294 Å². The van der Waals surface area contributed by atoms with E-state index in [-0.39, 0.29) is 18.0 Å². The van der Waals surface area contributed by atoms with Crippen molar-refractivity contribution in [2.75, 3.05) is 231 Å². The van der Waals surface area contributed by atoms with Crippen LogP contribution >= 0.6 is 11.3 Å². The third-order valence-corrected chi connectivity index (χ3v) is 32.5. The molecule has 0 bridgehead atoms. The fraction of sp³-hybridized carbons (Fsp3) is 0.509. The smallest absolute Gasteiger partial charge is 0.162 e. The van der Waals surface area contributed by atoms with Crippen molar-refractivity contribution < 1.29 is 23.3 Å². The number of nitrogens with one attached hydrogen (secondary N) is 1. The third kappa shape index (κ3) is 20.3. The Hall–Kier alpha value is -11.2. The number of anilines is 4. The number of aromatic amines is 1. The first-order valence-electron chi connectivity index (χ1n) is 51.0. The van der Waals surface area contributed by atoms with Gasteiger partial charge in [0.25, 0.3) is 0 Å². The summed E-state index contributed by atoms with van der Waals surface area (Å²) in [6.07, 6.45) is 46.2. The van der Waals surface area contributed by atoms with Gasteiger partial charge in [-0.15, -0.1) is 11.3 Å². The molecule has 10 fully saturated rings. The molecule has 0 spiro atoms. The Kier molecular flexibility index (Phi) is 27.7. The number of hydrogen-bond acceptors (Lipinski definition) is 27. The molecule has 1 N–H and O–H groups in total. The number of piperazine rings is 4. The number of hydrogen-bond donors (Lipinski definition) is 1. The largest absolute Gasteiger partial charge is 0.488 e. The lowest BCUT2D eigenvalue weighted by atomic mass is 10.00. The highest BCUT2D eigenvalue weighted by atomic mass is 32.1. The van der Waals surface area contributed by atoms with E-state index >= 15 is 0 Å². The summed E-state index contributed by atoms with van der Waals surface area (Å²) in [7, 11) is 8.89. The van der Waals surface area contributed by atoms with Crippen molar-refractivity contribution in [2.45, 2.75) is 141 Å². The molecule has 0 unspecified atom stereocenters. The first kappa shape index (κ1) is 92.8. The molecule has 14 aromatic rings. The topological polar surface area (TPSA) is 238 Å². The highest BCUT2D eigenvalue weighted by Gasteiger charge is 2.36. The average molecular weight is 1900 g/mol. The van der Waals surface area contributed by atoms with Gasteiger partial charge >= 0.3 is 0 Å². The van der Waals surface area contributed by atoms with Gasteiger partial charge in [-0.25, -0.2) is 32.4 Å². The van der Waals surface area contributed by atoms with Crippen molar-refractivity contribution in [3.63, 3.8) is 0 Å². The summed E-state index contributed by atoms with van der Waals surface area (Å²) in [6.45, 7) is 36.5. The van der Waals surface area contributed by atoms with Gasteiger partial charge < -0.3 is 58.1 Å². The minimum absolute atomic E-state index is 0.0963. The summed E-state index contributed by atoms with van der Waals surface area (Å²) < 4.78 is 47.9. The number of rotatable bonds is 16. The van der Waals surface area contributed by atoms with Crippen molar-refractivity contribution in [2.24, 2.45) is 0 Å². The summed E-state index contributed by atoms with van der Waals surface area (Å²) in [4.78, 5) is 54.9. The minimum Gasteiger partial charge on any atom is -0.488 e. The Balaban J connectivity index is 0.000000107. The van der Waals surface area contributed by atoms with Gasteiger partial charge in [-0.3, -0.25) is 39.7 Å². The van der Waals surface area contributed by atoms with Crippen molar-refractivity contribution in [1.82, 2.24) is 113 Å². The van der Waals surface area contributed by atoms with Crippen LogP contribution in [0, 0.1) is 19.7 Å². The lowest BCUT2D eigenvalue weighted by Crippen LogP contribution is -2.52. The molecule has 31 nitrogen and oxygen atoms in total. The molecule has 25 rings (SSSR count). The Morgan fingerprint density at radius 1 is 0.388 bits per heavy atom. The van der Waals surface area contributed by atoms with Crippen molar-refractivity contribution >= 4 is 83.6 Å². The van der Waals surface area contributed by atoms with Gasteiger partial charge in [0.2, 0.25) is 0 Å². The van der Waals surface area contributed by atoms with E-state index in [1.165, 1.54) is 187 Å². The number of thiophene rings is 1. The molecule has 139 heavy (non-hydrogen) atoms. The van der Waals surface area contributed by atoms with Crippen molar-refractivity contribution in [1.29, 1.82) is 0 Å². The summed E-state index contributed by atoms with van der Waals surface area (Å²) in [5.74, 6) is 1.50. The fourth-order valence-corrected chi connectivity index (χ4v) is 24.0. The van der Waals surface area contributed by atoms with Crippen LogP contribution in [-0.4, -0.2) is 361 Å². The second kappa shape index (κ2) is 41.5. The second-order valence-electron chi connectivity index (χ2n) is 40.5. The molecular formula is C106H134FN27O4S. The van der Waals surface area contributed by atoms with Crippen LogP contribution in [0.3, 0.4) is 0 Å². The molecule has 0 radical (unpaired) electrons. The van der Waals surface area contributed by atoms with E-state index in [4.69, 9.17) is 39.1 Å². The highest BCUT2D eigenvalue weighted by Crippen LogP contribution is 2.44. The lowest BCUT2D eigenvalue weighted by Gasteiger charge is -2.42. The van der Waals surface area contributed by atoms with Crippen LogP contribution in [0.15, 0.2) is 147 Å². The Morgan fingerprint density at radius 3 is 1.27 bits per heavy atom. The lowest BCUT2D eigenvalue weighted by molar-refractivity contribution is 0.0258. The molecule has 0 amide bonds. The summed E-state index contributed by atoms with van der Waals surface area (Å²) in [6, 6.07) is 18.9. The second-order valence-corrected chi connectivity index (χ2v) is 41.7. The van der Waals surface area contributed by atoms with Gasteiger partial charge in [0.1, 0.15) is 40.6 Å². The SMILES string of the molecule is CC1=Cc2nccc(-c3cnn4cc(N5CCC(N6CCN(C)CC6)CC5)cnc34)c2C1.CN1CCN(C2CCN(c3cc(OC4CCOCC4)c4c(-c5cn[nH]c5)cnn4c3)CC2)CC1.Cc1cc2c(-c3cnn4cc(N5CCC(N6CCN(C)CC6)CC5)cc(OC5CCOCC5)c34)ccnc2cc1F.Cc1cc2nccc(-c3cnn4cc(N5CCC(N6CCN(C)CC6)CC5)cnc34)c2s1. The van der Waals surface area contributed by atoms with E-state index in [2.05, 4.69) is 197 Å². The molecule has 0 saturated carbocycles. The van der Waals surface area contributed by atoms with E-state index in [9.17, 15) is 4.39 Å².